The maximum absolute atomic E-state index is 14.1. The summed E-state index contributed by atoms with van der Waals surface area (Å²) in [7, 11) is 0. The van der Waals surface area contributed by atoms with Crippen LogP contribution in [0.1, 0.15) is 12.8 Å². The first-order chi connectivity index (χ1) is 12.8. The second-order valence-corrected chi connectivity index (χ2v) is 6.77. The number of halogens is 5. The molecule has 2 aromatic rings. The molecular formula is C19H18ClF4NO2. The Morgan fingerprint density at radius 2 is 1.78 bits per heavy atom. The molecule has 0 saturated carbocycles. The molecule has 3 nitrogen and oxygen atoms in total. The molecular weight excluding hydrogens is 386 g/mol. The molecule has 1 N–H and O–H groups in total. The molecule has 0 atom stereocenters. The fourth-order valence-electron chi connectivity index (χ4n) is 2.97. The van der Waals surface area contributed by atoms with Crippen molar-refractivity contribution >= 4 is 11.6 Å². The first-order valence-electron chi connectivity index (χ1n) is 8.50. The van der Waals surface area contributed by atoms with Crippen LogP contribution in [-0.4, -0.2) is 26.1 Å². The van der Waals surface area contributed by atoms with Crippen LogP contribution < -0.4 is 14.8 Å². The first-order valence-corrected chi connectivity index (χ1v) is 8.88. The van der Waals surface area contributed by atoms with Crippen molar-refractivity contribution in [3.8, 4) is 22.6 Å². The van der Waals surface area contributed by atoms with E-state index in [1.165, 1.54) is 30.3 Å². The van der Waals surface area contributed by atoms with Gasteiger partial charge in [-0.15, -0.1) is 13.2 Å². The van der Waals surface area contributed by atoms with E-state index in [9.17, 15) is 17.6 Å². The highest BCUT2D eigenvalue weighted by Crippen LogP contribution is 2.37. The van der Waals surface area contributed by atoms with Crippen LogP contribution in [0.25, 0.3) is 11.1 Å². The van der Waals surface area contributed by atoms with E-state index >= 15 is 0 Å². The van der Waals surface area contributed by atoms with Crippen molar-refractivity contribution in [1.82, 2.24) is 5.32 Å². The summed E-state index contributed by atoms with van der Waals surface area (Å²) < 4.78 is 61.9. The molecule has 2 aromatic carbocycles. The van der Waals surface area contributed by atoms with Gasteiger partial charge in [-0.05, 0) is 67.7 Å². The lowest BCUT2D eigenvalue weighted by atomic mass is 9.99. The minimum Gasteiger partial charge on any atom is -0.489 e. The van der Waals surface area contributed by atoms with Crippen LogP contribution in [-0.2, 0) is 0 Å². The first kappa shape index (κ1) is 19.8. The Morgan fingerprint density at radius 3 is 2.48 bits per heavy atom. The van der Waals surface area contributed by atoms with Crippen LogP contribution in [0.5, 0.6) is 11.5 Å². The van der Waals surface area contributed by atoms with Crippen LogP contribution in [0.4, 0.5) is 17.6 Å². The number of hydrogen-bond acceptors (Lipinski definition) is 3. The molecule has 0 unspecified atom stereocenters. The number of alkyl halides is 3. The molecule has 146 valence electrons. The molecule has 0 spiro atoms. The van der Waals surface area contributed by atoms with Gasteiger partial charge in [0.25, 0.3) is 0 Å². The Morgan fingerprint density at radius 1 is 1.04 bits per heavy atom. The maximum atomic E-state index is 14.1. The summed E-state index contributed by atoms with van der Waals surface area (Å²) in [4.78, 5) is 0. The molecule has 0 amide bonds. The van der Waals surface area contributed by atoms with Gasteiger partial charge < -0.3 is 14.8 Å². The van der Waals surface area contributed by atoms with Gasteiger partial charge >= 0.3 is 6.36 Å². The van der Waals surface area contributed by atoms with Gasteiger partial charge in [-0.1, -0.05) is 17.7 Å². The fourth-order valence-corrected chi connectivity index (χ4v) is 3.14. The fraction of sp³-hybridized carbons (Fsp3) is 0.368. The van der Waals surface area contributed by atoms with Crippen molar-refractivity contribution in [3.05, 3.63) is 47.2 Å². The Labute approximate surface area is 159 Å². The smallest absolute Gasteiger partial charge is 0.489 e. The van der Waals surface area contributed by atoms with Crippen molar-refractivity contribution in [1.29, 1.82) is 0 Å². The third-order valence-corrected chi connectivity index (χ3v) is 4.58. The summed E-state index contributed by atoms with van der Waals surface area (Å²) in [5.74, 6) is -0.838. The van der Waals surface area contributed by atoms with Gasteiger partial charge in [0.15, 0.2) is 11.5 Å². The Balaban J connectivity index is 1.89. The maximum Gasteiger partial charge on any atom is 0.573 e. The van der Waals surface area contributed by atoms with Gasteiger partial charge in [0.2, 0.25) is 0 Å². The van der Waals surface area contributed by atoms with E-state index in [1.54, 1.807) is 0 Å². The lowest BCUT2D eigenvalue weighted by Crippen LogP contribution is -2.30. The predicted octanol–water partition coefficient (Wildman–Crippen LogP) is 5.42. The Hall–Kier alpha value is -1.99. The topological polar surface area (TPSA) is 30.5 Å². The molecule has 27 heavy (non-hydrogen) atoms. The van der Waals surface area contributed by atoms with E-state index in [4.69, 9.17) is 16.3 Å². The quantitative estimate of drug-likeness (QED) is 0.676. The average molecular weight is 404 g/mol. The minimum absolute atomic E-state index is 0.0808. The summed E-state index contributed by atoms with van der Waals surface area (Å²) >= 11 is 5.91. The summed E-state index contributed by atoms with van der Waals surface area (Å²) in [5.41, 5.74) is 0.526. The van der Waals surface area contributed by atoms with Gasteiger partial charge in [0.05, 0.1) is 6.61 Å². The van der Waals surface area contributed by atoms with Crippen molar-refractivity contribution in [2.45, 2.75) is 19.2 Å². The lowest BCUT2D eigenvalue weighted by Gasteiger charge is -2.23. The van der Waals surface area contributed by atoms with Crippen molar-refractivity contribution in [2.75, 3.05) is 19.7 Å². The van der Waals surface area contributed by atoms with Crippen LogP contribution in [0, 0.1) is 11.7 Å². The number of benzene rings is 2. The number of piperidine rings is 1. The van der Waals surface area contributed by atoms with Crippen LogP contribution >= 0.6 is 11.6 Å². The summed E-state index contributed by atoms with van der Waals surface area (Å²) in [6.45, 7) is 1.94. The van der Waals surface area contributed by atoms with E-state index in [0.717, 1.165) is 32.0 Å². The van der Waals surface area contributed by atoms with Crippen LogP contribution in [0.2, 0.25) is 5.02 Å². The minimum atomic E-state index is -4.85. The van der Waals surface area contributed by atoms with E-state index < -0.39 is 17.9 Å². The van der Waals surface area contributed by atoms with Gasteiger partial charge in [0.1, 0.15) is 5.82 Å². The molecule has 0 aromatic heterocycles. The van der Waals surface area contributed by atoms with Crippen molar-refractivity contribution in [2.24, 2.45) is 5.92 Å². The van der Waals surface area contributed by atoms with E-state index in [1.807, 2.05) is 0 Å². The summed E-state index contributed by atoms with van der Waals surface area (Å²) in [6.07, 6.45) is -3.11. The third-order valence-electron chi connectivity index (χ3n) is 4.34. The Kier molecular flexibility index (Phi) is 6.11. The normalized spacial score (nSPS) is 15.6. The van der Waals surface area contributed by atoms with E-state index in [0.29, 0.717) is 10.6 Å². The molecule has 0 bridgehead atoms. The molecule has 0 radical (unpaired) electrons. The average Bonchev–Trinajstić information content (AvgIpc) is 2.62. The summed E-state index contributed by atoms with van der Waals surface area (Å²) in [5, 5.41) is 3.53. The standard InChI is InChI=1S/C19H18ClF4NO2/c20-14-2-3-16(21)15(10-14)13-1-4-17(27-19(22,23)24)18(9-13)26-11-12-5-7-25-8-6-12/h1-4,9-10,12,25H,5-8,11H2. The Bertz CT molecular complexity index is 792. The molecule has 3 rings (SSSR count). The largest absolute Gasteiger partial charge is 0.573 e. The van der Waals surface area contributed by atoms with Gasteiger partial charge in [-0.2, -0.15) is 0 Å². The molecule has 1 aliphatic heterocycles. The molecule has 1 heterocycles. The van der Waals surface area contributed by atoms with E-state index in [2.05, 4.69) is 10.1 Å². The highest BCUT2D eigenvalue weighted by Gasteiger charge is 2.32. The second-order valence-electron chi connectivity index (χ2n) is 6.34. The number of hydrogen-bond donors (Lipinski definition) is 1. The molecule has 0 aliphatic carbocycles. The number of nitrogens with one attached hydrogen (secondary N) is 1. The van der Waals surface area contributed by atoms with Crippen LogP contribution in [0.15, 0.2) is 36.4 Å². The second kappa shape index (κ2) is 8.35. The van der Waals surface area contributed by atoms with Gasteiger partial charge in [-0.25, -0.2) is 4.39 Å². The van der Waals surface area contributed by atoms with Crippen LogP contribution in [0.3, 0.4) is 0 Å². The lowest BCUT2D eigenvalue weighted by molar-refractivity contribution is -0.275. The zero-order valence-corrected chi connectivity index (χ0v) is 15.0. The highest BCUT2D eigenvalue weighted by atomic mass is 35.5. The summed E-state index contributed by atoms with van der Waals surface area (Å²) in [6, 6.07) is 7.82. The molecule has 1 saturated heterocycles. The van der Waals surface area contributed by atoms with E-state index in [-0.39, 0.29) is 23.8 Å². The molecule has 1 fully saturated rings. The highest BCUT2D eigenvalue weighted by molar-refractivity contribution is 6.30. The van der Waals surface area contributed by atoms with Crippen molar-refractivity contribution in [3.63, 3.8) is 0 Å². The molecule has 1 aliphatic rings. The van der Waals surface area contributed by atoms with Crippen molar-refractivity contribution < 1.29 is 27.0 Å². The predicted molar refractivity (Wildman–Crippen MR) is 94.6 cm³/mol. The third kappa shape index (κ3) is 5.49. The number of rotatable bonds is 5. The number of ether oxygens (including phenoxy) is 2. The monoisotopic (exact) mass is 403 g/mol. The van der Waals surface area contributed by atoms with Gasteiger partial charge in [0, 0.05) is 10.6 Å². The zero-order valence-electron chi connectivity index (χ0n) is 14.3. The SMILES string of the molecule is Fc1ccc(Cl)cc1-c1ccc(OC(F)(F)F)c(OCC2CCNCC2)c1. The van der Waals surface area contributed by atoms with Gasteiger partial charge in [-0.3, -0.25) is 0 Å². The zero-order chi connectivity index (χ0) is 19.4. The molecule has 8 heteroatoms.